The molecule has 0 aliphatic carbocycles. The lowest BCUT2D eigenvalue weighted by atomic mass is 9.76. The smallest absolute Gasteiger partial charge is 0.250 e. The van der Waals surface area contributed by atoms with Gasteiger partial charge in [0, 0.05) is 28.4 Å². The average Bonchev–Trinajstić information content (AvgIpc) is 3.20. The fraction of sp³-hybridized carbons (Fsp3) is 0.526. The van der Waals surface area contributed by atoms with Crippen LogP contribution >= 0.6 is 11.6 Å². The van der Waals surface area contributed by atoms with Crippen molar-refractivity contribution in [1.29, 1.82) is 0 Å². The third-order valence-electron chi connectivity index (χ3n) is 6.20. The molecule has 0 bridgehead atoms. The SMILES string of the molecule is CC[C@H](C)N1C(=O)[C@@H]2[C@H]([C@@H](C)O)N[C@@]3(C(=O)Nc4ccc(Cl)cc43)[C@@H]2C1=O. The zero-order chi connectivity index (χ0) is 19.7. The van der Waals surface area contributed by atoms with Gasteiger partial charge in [0.1, 0.15) is 5.54 Å². The van der Waals surface area contributed by atoms with E-state index in [4.69, 9.17) is 11.6 Å². The first kappa shape index (κ1) is 18.4. The number of anilines is 1. The predicted octanol–water partition coefficient (Wildman–Crippen LogP) is 1.24. The van der Waals surface area contributed by atoms with Crippen LogP contribution in [0.1, 0.15) is 32.8 Å². The van der Waals surface area contributed by atoms with Gasteiger partial charge in [0.15, 0.2) is 0 Å². The highest BCUT2D eigenvalue weighted by Crippen LogP contribution is 2.54. The summed E-state index contributed by atoms with van der Waals surface area (Å²) >= 11 is 6.16. The second-order valence-corrected chi connectivity index (χ2v) is 8.11. The fourth-order valence-corrected chi connectivity index (χ4v) is 4.93. The standard InChI is InChI=1S/C19H22ClN3O4/c1-4-8(2)23-16(25)13-14(17(23)26)19(22-15(13)9(3)24)11-7-10(20)5-6-12(11)21-18(19)27/h5-9,13-15,22,24H,4H2,1-3H3,(H,21,27)/t8-,9+,13-,14-,15-,19+/m0/s1. The van der Waals surface area contributed by atoms with Crippen molar-refractivity contribution in [3.8, 4) is 0 Å². The Balaban J connectivity index is 1.92. The van der Waals surface area contributed by atoms with Gasteiger partial charge in [-0.2, -0.15) is 0 Å². The Morgan fingerprint density at radius 3 is 2.59 bits per heavy atom. The first-order valence-corrected chi connectivity index (χ1v) is 9.56. The van der Waals surface area contributed by atoms with Crippen molar-refractivity contribution in [1.82, 2.24) is 10.2 Å². The van der Waals surface area contributed by atoms with Crippen LogP contribution in [0.5, 0.6) is 0 Å². The number of likely N-dealkylation sites (tertiary alicyclic amines) is 1. The Morgan fingerprint density at radius 2 is 1.96 bits per heavy atom. The zero-order valence-corrected chi connectivity index (χ0v) is 16.1. The second-order valence-electron chi connectivity index (χ2n) is 7.67. The molecule has 1 aromatic rings. The minimum atomic E-state index is -1.42. The number of carbonyl (C=O) groups excluding carboxylic acids is 3. The molecule has 0 saturated carbocycles. The predicted molar refractivity (Wildman–Crippen MR) is 99.0 cm³/mol. The van der Waals surface area contributed by atoms with Gasteiger partial charge in [-0.3, -0.25) is 24.6 Å². The first-order chi connectivity index (χ1) is 12.7. The highest BCUT2D eigenvalue weighted by molar-refractivity contribution is 6.31. The van der Waals surface area contributed by atoms with Crippen LogP contribution in [0.4, 0.5) is 5.69 Å². The molecule has 3 aliphatic rings. The number of aliphatic hydroxyl groups excluding tert-OH is 1. The summed E-state index contributed by atoms with van der Waals surface area (Å²) in [6.07, 6.45) is -0.299. The van der Waals surface area contributed by atoms with Crippen LogP contribution in [-0.2, 0) is 19.9 Å². The lowest BCUT2D eigenvalue weighted by molar-refractivity contribution is -0.145. The molecule has 1 aromatic carbocycles. The highest BCUT2D eigenvalue weighted by atomic mass is 35.5. The molecule has 3 amide bonds. The number of rotatable bonds is 3. The highest BCUT2D eigenvalue weighted by Gasteiger charge is 2.71. The fourth-order valence-electron chi connectivity index (χ4n) is 4.76. The third kappa shape index (κ3) is 2.25. The lowest BCUT2D eigenvalue weighted by Gasteiger charge is -2.31. The van der Waals surface area contributed by atoms with Gasteiger partial charge in [-0.25, -0.2) is 0 Å². The number of aliphatic hydroxyl groups is 1. The van der Waals surface area contributed by atoms with Crippen LogP contribution in [0.15, 0.2) is 18.2 Å². The van der Waals surface area contributed by atoms with Crippen molar-refractivity contribution < 1.29 is 19.5 Å². The van der Waals surface area contributed by atoms with Gasteiger partial charge in [-0.15, -0.1) is 0 Å². The van der Waals surface area contributed by atoms with Gasteiger partial charge in [0.05, 0.1) is 17.9 Å². The maximum atomic E-state index is 13.3. The number of nitrogens with zero attached hydrogens (tertiary/aromatic N) is 1. The van der Waals surface area contributed by atoms with E-state index in [-0.39, 0.29) is 17.9 Å². The van der Waals surface area contributed by atoms with Crippen LogP contribution in [0.2, 0.25) is 5.02 Å². The van der Waals surface area contributed by atoms with Crippen LogP contribution < -0.4 is 10.6 Å². The van der Waals surface area contributed by atoms with Crippen molar-refractivity contribution in [3.63, 3.8) is 0 Å². The molecule has 6 atom stereocenters. The molecule has 0 radical (unpaired) electrons. The molecule has 0 unspecified atom stereocenters. The molecular weight excluding hydrogens is 370 g/mol. The maximum Gasteiger partial charge on any atom is 0.250 e. The summed E-state index contributed by atoms with van der Waals surface area (Å²) in [7, 11) is 0. The van der Waals surface area contributed by atoms with Gasteiger partial charge >= 0.3 is 0 Å². The van der Waals surface area contributed by atoms with Crippen LogP contribution in [0.3, 0.4) is 0 Å². The number of amides is 3. The van der Waals surface area contributed by atoms with Gasteiger partial charge in [0.25, 0.3) is 0 Å². The Labute approximate surface area is 162 Å². The molecule has 1 spiro atoms. The second kappa shape index (κ2) is 6.02. The number of imide groups is 1. The van der Waals surface area contributed by atoms with Crippen molar-refractivity contribution in [2.24, 2.45) is 11.8 Å². The van der Waals surface area contributed by atoms with Crippen molar-refractivity contribution in [2.75, 3.05) is 5.32 Å². The van der Waals surface area contributed by atoms with Gasteiger partial charge < -0.3 is 10.4 Å². The molecule has 0 aromatic heterocycles. The first-order valence-electron chi connectivity index (χ1n) is 9.18. The Morgan fingerprint density at radius 1 is 1.26 bits per heavy atom. The molecule has 2 fully saturated rings. The minimum Gasteiger partial charge on any atom is -0.392 e. The van der Waals surface area contributed by atoms with Crippen LogP contribution in [-0.4, -0.2) is 45.9 Å². The summed E-state index contributed by atoms with van der Waals surface area (Å²) < 4.78 is 0. The number of nitrogens with one attached hydrogen (secondary N) is 2. The Kier molecular flexibility index (Phi) is 4.10. The quantitative estimate of drug-likeness (QED) is 0.673. The molecule has 8 heteroatoms. The van der Waals surface area contributed by atoms with Gasteiger partial charge in [-0.05, 0) is 38.5 Å². The van der Waals surface area contributed by atoms with Gasteiger partial charge in [0.2, 0.25) is 17.7 Å². The van der Waals surface area contributed by atoms with Crippen LogP contribution in [0, 0.1) is 11.8 Å². The summed E-state index contributed by atoms with van der Waals surface area (Å²) in [5.41, 5.74) is -0.309. The van der Waals surface area contributed by atoms with Crippen molar-refractivity contribution >= 4 is 35.0 Å². The maximum absolute atomic E-state index is 13.3. The average molecular weight is 392 g/mol. The number of carbonyl (C=O) groups is 3. The molecule has 2 saturated heterocycles. The largest absolute Gasteiger partial charge is 0.392 e. The number of hydrogen-bond acceptors (Lipinski definition) is 5. The normalized spacial score (nSPS) is 34.0. The lowest BCUT2D eigenvalue weighted by Crippen LogP contribution is -2.55. The number of hydrogen-bond donors (Lipinski definition) is 3. The summed E-state index contributed by atoms with van der Waals surface area (Å²) in [5.74, 6) is -2.83. The number of fused-ring (bicyclic) bond motifs is 4. The van der Waals surface area contributed by atoms with E-state index < -0.39 is 35.4 Å². The van der Waals surface area contributed by atoms with Gasteiger partial charge in [-0.1, -0.05) is 18.5 Å². The van der Waals surface area contributed by atoms with E-state index in [1.165, 1.54) is 4.90 Å². The Hall–Kier alpha value is -1.96. The van der Waals surface area contributed by atoms with E-state index in [2.05, 4.69) is 10.6 Å². The molecule has 27 heavy (non-hydrogen) atoms. The zero-order valence-electron chi connectivity index (χ0n) is 15.3. The molecule has 3 aliphatic heterocycles. The molecule has 3 heterocycles. The summed E-state index contributed by atoms with van der Waals surface area (Å²) in [5, 5.41) is 16.7. The molecule has 4 rings (SSSR count). The van der Waals surface area contributed by atoms with Crippen molar-refractivity contribution in [3.05, 3.63) is 28.8 Å². The third-order valence-corrected chi connectivity index (χ3v) is 6.43. The van der Waals surface area contributed by atoms with E-state index >= 15 is 0 Å². The van der Waals surface area contributed by atoms with E-state index in [1.807, 2.05) is 13.8 Å². The summed E-state index contributed by atoms with van der Waals surface area (Å²) in [6, 6.07) is 4.00. The number of benzene rings is 1. The molecule has 7 nitrogen and oxygen atoms in total. The number of halogens is 1. The summed E-state index contributed by atoms with van der Waals surface area (Å²) in [4.78, 5) is 40.8. The van der Waals surface area contributed by atoms with E-state index in [1.54, 1.807) is 25.1 Å². The molecule has 144 valence electrons. The topological polar surface area (TPSA) is 98.7 Å². The molecular formula is C19H22ClN3O4. The molecule has 3 N–H and O–H groups in total. The summed E-state index contributed by atoms with van der Waals surface area (Å²) in [6.45, 7) is 5.27. The Bertz CT molecular complexity index is 857. The minimum absolute atomic E-state index is 0.273. The van der Waals surface area contributed by atoms with E-state index in [0.29, 0.717) is 22.7 Å². The van der Waals surface area contributed by atoms with E-state index in [9.17, 15) is 19.5 Å². The van der Waals surface area contributed by atoms with Crippen molar-refractivity contribution in [2.45, 2.75) is 50.9 Å². The van der Waals surface area contributed by atoms with E-state index in [0.717, 1.165) is 0 Å². The van der Waals surface area contributed by atoms with Crippen LogP contribution in [0.25, 0.3) is 0 Å². The monoisotopic (exact) mass is 391 g/mol.